The van der Waals surface area contributed by atoms with Gasteiger partial charge in [-0.05, 0) is 40.2 Å². The second-order valence-corrected chi connectivity index (χ2v) is 5.10. The van der Waals surface area contributed by atoms with Gasteiger partial charge in [0.15, 0.2) is 0 Å². The van der Waals surface area contributed by atoms with Crippen LogP contribution in [0.4, 0.5) is 14.9 Å². The van der Waals surface area contributed by atoms with E-state index in [0.29, 0.717) is 17.0 Å². The lowest BCUT2D eigenvalue weighted by Crippen LogP contribution is -2.28. The van der Waals surface area contributed by atoms with Gasteiger partial charge in [-0.25, -0.2) is 9.18 Å². The van der Waals surface area contributed by atoms with Crippen LogP contribution >= 0.6 is 15.9 Å². The molecule has 0 aliphatic carbocycles. The van der Waals surface area contributed by atoms with Crippen molar-refractivity contribution in [1.29, 1.82) is 0 Å². The van der Waals surface area contributed by atoms with Crippen LogP contribution in [-0.4, -0.2) is 13.1 Å². The minimum Gasteiger partial charge on any atom is -0.496 e. The summed E-state index contributed by atoms with van der Waals surface area (Å²) in [6, 6.07) is 11.1. The lowest BCUT2D eigenvalue weighted by Gasteiger charge is -2.10. The zero-order chi connectivity index (χ0) is 15.2. The summed E-state index contributed by atoms with van der Waals surface area (Å²) in [6.45, 7) is 0.121. The molecule has 0 aliphatic rings. The Morgan fingerprint density at radius 3 is 2.71 bits per heavy atom. The van der Waals surface area contributed by atoms with Crippen molar-refractivity contribution in [2.45, 2.75) is 6.54 Å². The monoisotopic (exact) mass is 352 g/mol. The van der Waals surface area contributed by atoms with Gasteiger partial charge in [0, 0.05) is 17.8 Å². The van der Waals surface area contributed by atoms with Crippen LogP contribution < -0.4 is 15.4 Å². The van der Waals surface area contributed by atoms with Crippen molar-refractivity contribution in [1.82, 2.24) is 5.32 Å². The van der Waals surface area contributed by atoms with Crippen LogP contribution in [0.1, 0.15) is 5.56 Å². The third kappa shape index (κ3) is 4.19. The smallest absolute Gasteiger partial charge is 0.319 e. The second-order valence-electron chi connectivity index (χ2n) is 4.25. The third-order valence-corrected chi connectivity index (χ3v) is 3.43. The van der Waals surface area contributed by atoms with Crippen LogP contribution in [-0.2, 0) is 6.54 Å². The Bertz CT molecular complexity index is 649. The first-order chi connectivity index (χ1) is 10.1. The molecule has 2 aromatic rings. The fraction of sp³-hybridized carbons (Fsp3) is 0.133. The van der Waals surface area contributed by atoms with Crippen LogP contribution in [0.3, 0.4) is 0 Å². The predicted molar refractivity (Wildman–Crippen MR) is 83.0 cm³/mol. The van der Waals surface area contributed by atoms with Crippen LogP contribution in [0, 0.1) is 5.82 Å². The molecule has 0 heterocycles. The van der Waals surface area contributed by atoms with Gasteiger partial charge in [0.2, 0.25) is 0 Å². The summed E-state index contributed by atoms with van der Waals surface area (Å²) >= 11 is 3.34. The number of halogens is 2. The molecule has 2 rings (SSSR count). The Hall–Kier alpha value is -2.08. The summed E-state index contributed by atoms with van der Waals surface area (Å²) in [5.74, 6) is 0.331. The molecule has 0 unspecified atom stereocenters. The Morgan fingerprint density at radius 2 is 2.05 bits per heavy atom. The van der Waals surface area contributed by atoms with Gasteiger partial charge in [-0.15, -0.1) is 0 Å². The van der Waals surface area contributed by atoms with Crippen molar-refractivity contribution >= 4 is 27.6 Å². The fourth-order valence-electron chi connectivity index (χ4n) is 1.74. The molecule has 0 atom stereocenters. The maximum Gasteiger partial charge on any atom is 0.319 e. The summed E-state index contributed by atoms with van der Waals surface area (Å²) < 4.78 is 19.3. The van der Waals surface area contributed by atoms with E-state index in [1.807, 2.05) is 0 Å². The molecule has 110 valence electrons. The molecule has 2 aromatic carbocycles. The normalized spacial score (nSPS) is 10.0. The SMILES string of the molecule is COc1ccc(NC(=O)NCc2ccccc2F)cc1Br. The van der Waals surface area contributed by atoms with E-state index in [9.17, 15) is 9.18 Å². The molecule has 0 saturated heterocycles. The molecule has 21 heavy (non-hydrogen) atoms. The largest absolute Gasteiger partial charge is 0.496 e. The van der Waals surface area contributed by atoms with Crippen LogP contribution in [0.15, 0.2) is 46.9 Å². The van der Waals surface area contributed by atoms with E-state index in [0.717, 1.165) is 4.47 Å². The van der Waals surface area contributed by atoms with Gasteiger partial charge in [0.1, 0.15) is 11.6 Å². The number of carbonyl (C=O) groups excluding carboxylic acids is 1. The van der Waals surface area contributed by atoms with E-state index in [4.69, 9.17) is 4.74 Å². The van der Waals surface area contributed by atoms with Crippen LogP contribution in [0.5, 0.6) is 5.75 Å². The second kappa shape index (κ2) is 7.08. The highest BCUT2D eigenvalue weighted by Crippen LogP contribution is 2.27. The standard InChI is InChI=1S/C15H14BrFN2O2/c1-21-14-7-6-11(8-12(14)16)19-15(20)18-9-10-4-2-3-5-13(10)17/h2-8H,9H2,1H3,(H2,18,19,20). The maximum absolute atomic E-state index is 13.4. The number of hydrogen-bond donors (Lipinski definition) is 2. The van der Waals surface area contributed by atoms with Gasteiger partial charge in [0.05, 0.1) is 11.6 Å². The van der Waals surface area contributed by atoms with Crippen molar-refractivity contribution in [3.8, 4) is 5.75 Å². The first-order valence-corrected chi connectivity index (χ1v) is 7.01. The molecular formula is C15H14BrFN2O2. The minimum absolute atomic E-state index is 0.121. The molecule has 0 fully saturated rings. The summed E-state index contributed by atoms with van der Waals surface area (Å²) in [5.41, 5.74) is 1.04. The molecule has 4 nitrogen and oxygen atoms in total. The number of anilines is 1. The number of rotatable bonds is 4. The number of hydrogen-bond acceptors (Lipinski definition) is 2. The molecular weight excluding hydrogens is 339 g/mol. The Balaban J connectivity index is 1.93. The summed E-state index contributed by atoms with van der Waals surface area (Å²) in [7, 11) is 1.56. The quantitative estimate of drug-likeness (QED) is 0.876. The van der Waals surface area contributed by atoms with Gasteiger partial charge >= 0.3 is 6.03 Å². The van der Waals surface area contributed by atoms with E-state index >= 15 is 0 Å². The molecule has 0 aliphatic heterocycles. The lowest BCUT2D eigenvalue weighted by molar-refractivity contribution is 0.251. The summed E-state index contributed by atoms with van der Waals surface area (Å²) in [6.07, 6.45) is 0. The molecule has 6 heteroatoms. The number of benzene rings is 2. The van der Waals surface area contributed by atoms with Crippen LogP contribution in [0.25, 0.3) is 0 Å². The lowest BCUT2D eigenvalue weighted by atomic mass is 10.2. The first kappa shape index (κ1) is 15.3. The van der Waals surface area contributed by atoms with Crippen molar-refractivity contribution in [2.24, 2.45) is 0 Å². The predicted octanol–water partition coefficient (Wildman–Crippen LogP) is 3.92. The molecule has 2 amide bonds. The molecule has 0 saturated carbocycles. The number of ether oxygens (including phenoxy) is 1. The molecule has 0 spiro atoms. The Kier molecular flexibility index (Phi) is 5.16. The average Bonchev–Trinajstić information content (AvgIpc) is 2.46. The highest BCUT2D eigenvalue weighted by atomic mass is 79.9. The number of amides is 2. The summed E-state index contributed by atoms with van der Waals surface area (Å²) in [5, 5.41) is 5.27. The van der Waals surface area contributed by atoms with E-state index in [-0.39, 0.29) is 12.4 Å². The maximum atomic E-state index is 13.4. The highest BCUT2D eigenvalue weighted by Gasteiger charge is 2.06. The summed E-state index contributed by atoms with van der Waals surface area (Å²) in [4.78, 5) is 11.8. The van der Waals surface area contributed by atoms with Gasteiger partial charge in [-0.2, -0.15) is 0 Å². The number of methoxy groups -OCH3 is 1. The number of urea groups is 1. The minimum atomic E-state index is -0.407. The van der Waals surface area contributed by atoms with Gasteiger partial charge < -0.3 is 15.4 Å². The Labute approximate surface area is 130 Å². The van der Waals surface area contributed by atoms with Gasteiger partial charge in [0.25, 0.3) is 0 Å². The highest BCUT2D eigenvalue weighted by molar-refractivity contribution is 9.10. The van der Waals surface area contributed by atoms with Crippen molar-refractivity contribution in [2.75, 3.05) is 12.4 Å². The van der Waals surface area contributed by atoms with Crippen molar-refractivity contribution in [3.63, 3.8) is 0 Å². The van der Waals surface area contributed by atoms with Gasteiger partial charge in [-0.1, -0.05) is 18.2 Å². The van der Waals surface area contributed by atoms with Gasteiger partial charge in [-0.3, -0.25) is 0 Å². The molecule has 0 aromatic heterocycles. The average molecular weight is 353 g/mol. The molecule has 2 N–H and O–H groups in total. The van der Waals surface area contributed by atoms with Crippen LogP contribution in [0.2, 0.25) is 0 Å². The topological polar surface area (TPSA) is 50.4 Å². The van der Waals surface area contributed by atoms with E-state index in [2.05, 4.69) is 26.6 Å². The van der Waals surface area contributed by atoms with E-state index in [1.165, 1.54) is 6.07 Å². The van der Waals surface area contributed by atoms with E-state index < -0.39 is 6.03 Å². The molecule has 0 bridgehead atoms. The third-order valence-electron chi connectivity index (χ3n) is 2.81. The zero-order valence-corrected chi connectivity index (χ0v) is 12.9. The fourth-order valence-corrected chi connectivity index (χ4v) is 2.28. The zero-order valence-electron chi connectivity index (χ0n) is 11.3. The molecule has 0 radical (unpaired) electrons. The van der Waals surface area contributed by atoms with E-state index in [1.54, 1.807) is 43.5 Å². The van der Waals surface area contributed by atoms with Crippen molar-refractivity contribution in [3.05, 3.63) is 58.3 Å². The number of nitrogens with one attached hydrogen (secondary N) is 2. The number of carbonyl (C=O) groups is 1. The Morgan fingerprint density at radius 1 is 1.29 bits per heavy atom. The first-order valence-electron chi connectivity index (χ1n) is 6.22. The van der Waals surface area contributed by atoms with Crippen molar-refractivity contribution < 1.29 is 13.9 Å².